The van der Waals surface area contributed by atoms with Gasteiger partial charge < -0.3 is 62.7 Å². The molecule has 0 amide bonds. The Labute approximate surface area is 351 Å². The Morgan fingerprint density at radius 2 is 0.821 bits per heavy atom. The van der Waals surface area contributed by atoms with Crippen LogP contribution in [-0.2, 0) is 39.0 Å². The van der Waals surface area contributed by atoms with Crippen molar-refractivity contribution in [2.45, 2.75) is 39.0 Å². The van der Waals surface area contributed by atoms with Crippen LogP contribution in [0.15, 0.2) is 122 Å². The molecule has 0 atom stereocenters. The lowest BCUT2D eigenvalue weighted by molar-refractivity contribution is -0.688. The summed E-state index contributed by atoms with van der Waals surface area (Å²) in [6.07, 6.45) is 10.7. The topological polar surface area (TPSA) is 51.2 Å². The molecule has 4 aromatic carbocycles. The summed E-state index contributed by atoms with van der Waals surface area (Å²) in [5, 5.41) is 0. The predicted molar refractivity (Wildman–Crippen MR) is 212 cm³/mol. The van der Waals surface area contributed by atoms with Crippen LogP contribution < -0.4 is 71.8 Å². The molecule has 0 unspecified atom stereocenters. The van der Waals surface area contributed by atoms with E-state index in [1.165, 1.54) is 55.9 Å². The van der Waals surface area contributed by atoms with E-state index < -0.39 is 0 Å². The van der Waals surface area contributed by atoms with Crippen molar-refractivity contribution in [3.8, 4) is 34.1 Å². The van der Waals surface area contributed by atoms with E-state index in [-0.39, 0.29) is 34.0 Å². The van der Waals surface area contributed by atoms with Gasteiger partial charge in [-0.25, -0.2) is 9.13 Å². The Balaban J connectivity index is 0.00000266. The zero-order chi connectivity index (χ0) is 37.0. The highest BCUT2D eigenvalue weighted by Gasteiger charge is 2.22. The number of nitrogens with zero attached hydrogens (tertiary/aromatic N) is 4. The van der Waals surface area contributed by atoms with Crippen LogP contribution in [0.1, 0.15) is 33.4 Å². The molecule has 2 aliphatic rings. The molecule has 0 fully saturated rings. The van der Waals surface area contributed by atoms with E-state index in [9.17, 15) is 0 Å². The van der Waals surface area contributed by atoms with Crippen LogP contribution in [0.3, 0.4) is 0 Å². The third-order valence-corrected chi connectivity index (χ3v) is 10.8. The van der Waals surface area contributed by atoms with Crippen molar-refractivity contribution in [2.24, 2.45) is 0 Å². The Hall–Kier alpha value is -5.06. The molecule has 290 valence electrons. The summed E-state index contributed by atoms with van der Waals surface area (Å²) < 4.78 is 26.7. The number of rotatable bonds is 11. The predicted octanol–water partition coefficient (Wildman–Crippen LogP) is 1.19. The quantitative estimate of drug-likeness (QED) is 0.183. The van der Waals surface area contributed by atoms with Crippen molar-refractivity contribution in [3.63, 3.8) is 0 Å². The molecule has 0 bridgehead atoms. The van der Waals surface area contributed by atoms with Crippen molar-refractivity contribution in [1.29, 1.82) is 0 Å². The summed E-state index contributed by atoms with van der Waals surface area (Å²) in [7, 11) is 6.78. The molecule has 4 heterocycles. The van der Waals surface area contributed by atoms with Gasteiger partial charge in [0.25, 0.3) is 0 Å². The Morgan fingerprint density at radius 3 is 1.18 bits per heavy atom. The minimum absolute atomic E-state index is 0. The summed E-state index contributed by atoms with van der Waals surface area (Å²) in [5.74, 6) is 3.17. The van der Waals surface area contributed by atoms with Gasteiger partial charge in [0.15, 0.2) is 60.9 Å². The fraction of sp³-hybridized carbons (Fsp3) is 0.261. The highest BCUT2D eigenvalue weighted by atomic mass is 79.9. The molecule has 0 N–H and O–H groups in total. The number of benzene rings is 4. The van der Waals surface area contributed by atoms with Crippen LogP contribution in [0.5, 0.6) is 23.0 Å². The average Bonchev–Trinajstić information content (AvgIpc) is 3.23. The van der Waals surface area contributed by atoms with Crippen molar-refractivity contribution in [3.05, 3.63) is 155 Å². The van der Waals surface area contributed by atoms with Gasteiger partial charge in [-0.1, -0.05) is 36.4 Å². The first-order chi connectivity index (χ1) is 26.5. The average molecular weight is 881 g/mol. The number of anilines is 2. The molecule has 0 saturated carbocycles. The van der Waals surface area contributed by atoms with E-state index in [0.29, 0.717) is 0 Å². The van der Waals surface area contributed by atoms with Gasteiger partial charge >= 0.3 is 0 Å². The van der Waals surface area contributed by atoms with E-state index in [0.717, 1.165) is 75.1 Å². The van der Waals surface area contributed by atoms with Crippen molar-refractivity contribution < 1.29 is 62.0 Å². The van der Waals surface area contributed by atoms with Crippen LogP contribution in [0.2, 0.25) is 0 Å². The minimum Gasteiger partial charge on any atom is -1.00 e. The second-order valence-electron chi connectivity index (χ2n) is 14.2. The molecular formula is C46H48Br2N4O4. The van der Waals surface area contributed by atoms with Crippen LogP contribution in [-0.4, -0.2) is 41.5 Å². The van der Waals surface area contributed by atoms with Crippen molar-refractivity contribution >= 4 is 11.4 Å². The first-order valence-corrected chi connectivity index (χ1v) is 18.6. The highest BCUT2D eigenvalue weighted by molar-refractivity contribution is 5.65. The molecule has 0 radical (unpaired) electrons. The van der Waals surface area contributed by atoms with Gasteiger partial charge in [-0.05, 0) is 82.6 Å². The molecule has 8 rings (SSSR count). The fourth-order valence-corrected chi connectivity index (χ4v) is 7.86. The van der Waals surface area contributed by atoms with Gasteiger partial charge in [0.05, 0.1) is 28.4 Å². The van der Waals surface area contributed by atoms with E-state index in [4.69, 9.17) is 18.9 Å². The van der Waals surface area contributed by atoms with Crippen LogP contribution in [0.25, 0.3) is 11.1 Å². The third-order valence-electron chi connectivity index (χ3n) is 10.8. The second kappa shape index (κ2) is 18.3. The summed E-state index contributed by atoms with van der Waals surface area (Å²) >= 11 is 0. The Kier molecular flexibility index (Phi) is 13.2. The van der Waals surface area contributed by atoms with Gasteiger partial charge in [0.1, 0.15) is 0 Å². The van der Waals surface area contributed by atoms with E-state index in [1.54, 1.807) is 28.4 Å². The largest absolute Gasteiger partial charge is 1.00 e. The molecule has 6 aromatic rings. The van der Waals surface area contributed by atoms with Crippen molar-refractivity contribution in [1.82, 2.24) is 0 Å². The van der Waals surface area contributed by atoms with Gasteiger partial charge in [0, 0.05) is 72.9 Å². The third kappa shape index (κ3) is 8.82. The fourth-order valence-electron chi connectivity index (χ4n) is 7.86. The first-order valence-electron chi connectivity index (χ1n) is 18.6. The number of pyridine rings is 2. The van der Waals surface area contributed by atoms with Crippen LogP contribution in [0, 0.1) is 0 Å². The Bertz CT molecular complexity index is 2110. The molecular weight excluding hydrogens is 832 g/mol. The maximum Gasteiger partial charge on any atom is 0.173 e. The monoisotopic (exact) mass is 878 g/mol. The Morgan fingerprint density at radius 1 is 0.464 bits per heavy atom. The lowest BCUT2D eigenvalue weighted by atomic mass is 9.98. The number of ether oxygens (including phenoxy) is 4. The maximum atomic E-state index is 5.57. The summed E-state index contributed by atoms with van der Waals surface area (Å²) in [5.41, 5.74) is 12.7. The van der Waals surface area contributed by atoms with Crippen LogP contribution in [0.4, 0.5) is 11.4 Å². The summed E-state index contributed by atoms with van der Waals surface area (Å²) in [4.78, 5) is 4.87. The van der Waals surface area contributed by atoms with Crippen molar-refractivity contribution in [2.75, 3.05) is 51.3 Å². The normalized spacial score (nSPS) is 13.1. The number of aromatic nitrogens is 2. The molecule has 56 heavy (non-hydrogen) atoms. The molecule has 2 aliphatic heterocycles. The highest BCUT2D eigenvalue weighted by Crippen LogP contribution is 2.36. The number of halogens is 2. The second-order valence-corrected chi connectivity index (χ2v) is 14.2. The molecule has 2 aromatic heterocycles. The minimum atomic E-state index is 0. The SMILES string of the molecule is COc1cc2c(cc1OC)CN(c1cc[n+](Cc3cccc(-c4cccc(C[n+]5ccc(N6CCc7cc(OC)c(OC)cc7C6)cc5)c4)c3)cc1)CC2.[Br-].[Br-]. The number of fused-ring (bicyclic) bond motifs is 2. The number of hydrogen-bond donors (Lipinski definition) is 0. The number of hydrogen-bond acceptors (Lipinski definition) is 6. The lowest BCUT2D eigenvalue weighted by Crippen LogP contribution is -3.00. The molecule has 10 heteroatoms. The summed E-state index contributed by atoms with van der Waals surface area (Å²) in [6.45, 7) is 5.26. The zero-order valence-electron chi connectivity index (χ0n) is 32.4. The van der Waals surface area contributed by atoms with E-state index >= 15 is 0 Å². The molecule has 8 nitrogen and oxygen atoms in total. The smallest absolute Gasteiger partial charge is 0.173 e. The van der Waals surface area contributed by atoms with Gasteiger partial charge in [-0.2, -0.15) is 0 Å². The molecule has 0 aliphatic carbocycles. The van der Waals surface area contributed by atoms with Gasteiger partial charge in [0.2, 0.25) is 0 Å². The summed E-state index contributed by atoms with van der Waals surface area (Å²) in [6, 6.07) is 35.2. The molecule has 0 spiro atoms. The number of methoxy groups -OCH3 is 4. The van der Waals surface area contributed by atoms with Crippen LogP contribution >= 0.6 is 0 Å². The lowest BCUT2D eigenvalue weighted by Gasteiger charge is -2.31. The van der Waals surface area contributed by atoms with E-state index in [1.807, 2.05) is 0 Å². The molecule has 0 saturated heterocycles. The first kappa shape index (κ1) is 40.6. The standard InChI is InChI=1S/C46H48N4O4.2BrH/c1-51-43-25-37-11-21-49(31-39(37)27-45(43)53-3)41-13-17-47(18-14-41)29-33-7-5-9-35(23-33)36-10-6-8-34(24-36)30-48-19-15-42(16-20-48)50-22-12-38-26-44(52-2)46(54-4)28-40(38)32-50;;/h5-10,13-20,23-28H,11-12,21-22,29-32H2,1-4H3;2*1H/q+2;;/p-2. The zero-order valence-corrected chi connectivity index (χ0v) is 35.6. The van der Waals surface area contributed by atoms with E-state index in [2.05, 4.69) is 141 Å². The maximum absolute atomic E-state index is 5.57. The van der Waals surface area contributed by atoms with Gasteiger partial charge in [-0.15, -0.1) is 0 Å². The van der Waals surface area contributed by atoms with Gasteiger partial charge in [-0.3, -0.25) is 0 Å².